The first-order chi connectivity index (χ1) is 9.16. The lowest BCUT2D eigenvalue weighted by molar-refractivity contribution is 0.0696. The van der Waals surface area contributed by atoms with E-state index in [-0.39, 0.29) is 11.6 Å². The van der Waals surface area contributed by atoms with Crippen LogP contribution in [-0.2, 0) is 6.54 Å². The number of aromatic carboxylic acids is 1. The normalized spacial score (nSPS) is 12.1. The number of hydrogen-bond donors (Lipinski definition) is 2. The second-order valence-electron chi connectivity index (χ2n) is 4.20. The summed E-state index contributed by atoms with van der Waals surface area (Å²) in [6.45, 7) is 2.59. The summed E-state index contributed by atoms with van der Waals surface area (Å²) in [6, 6.07) is 9.16. The Bertz CT molecular complexity index is 540. The molecule has 2 rings (SSSR count). The van der Waals surface area contributed by atoms with Crippen LogP contribution in [0.3, 0.4) is 0 Å². The van der Waals surface area contributed by atoms with E-state index < -0.39 is 5.97 Å². The van der Waals surface area contributed by atoms with E-state index in [0.717, 1.165) is 11.4 Å². The third-order valence-electron chi connectivity index (χ3n) is 2.79. The predicted octanol–water partition coefficient (Wildman–Crippen LogP) is 2.03. The molecule has 2 aromatic rings. The van der Waals surface area contributed by atoms with Crippen molar-refractivity contribution in [3.63, 3.8) is 0 Å². The van der Waals surface area contributed by atoms with Crippen molar-refractivity contribution in [1.29, 1.82) is 0 Å². The van der Waals surface area contributed by atoms with Crippen molar-refractivity contribution in [2.75, 3.05) is 0 Å². The van der Waals surface area contributed by atoms with Crippen LogP contribution in [0.15, 0.2) is 42.7 Å². The van der Waals surface area contributed by atoms with Gasteiger partial charge in [0.05, 0.1) is 17.0 Å². The largest absolute Gasteiger partial charge is 0.478 e. The topological polar surface area (TPSA) is 75.1 Å². The molecule has 1 atom stereocenters. The van der Waals surface area contributed by atoms with Gasteiger partial charge in [-0.3, -0.25) is 9.97 Å². The minimum atomic E-state index is -0.964. The molecule has 0 aromatic carbocycles. The van der Waals surface area contributed by atoms with Crippen LogP contribution >= 0.6 is 0 Å². The number of rotatable bonds is 5. The Morgan fingerprint density at radius 1 is 1.32 bits per heavy atom. The number of nitrogens with zero attached hydrogens (tertiary/aromatic N) is 2. The quantitative estimate of drug-likeness (QED) is 0.857. The molecule has 0 radical (unpaired) electrons. The van der Waals surface area contributed by atoms with Crippen molar-refractivity contribution < 1.29 is 9.90 Å². The molecule has 0 saturated heterocycles. The molecule has 19 heavy (non-hydrogen) atoms. The molecular formula is C14H15N3O2. The number of carboxylic acid groups (broad SMARTS) is 1. The molecule has 0 saturated carbocycles. The van der Waals surface area contributed by atoms with Gasteiger partial charge in [0.1, 0.15) is 0 Å². The summed E-state index contributed by atoms with van der Waals surface area (Å²) in [7, 11) is 0. The van der Waals surface area contributed by atoms with Gasteiger partial charge in [-0.25, -0.2) is 4.79 Å². The van der Waals surface area contributed by atoms with E-state index in [1.165, 1.54) is 6.20 Å². The molecule has 0 aliphatic carbocycles. The van der Waals surface area contributed by atoms with Crippen LogP contribution in [0.1, 0.15) is 34.7 Å². The summed E-state index contributed by atoms with van der Waals surface area (Å²) >= 11 is 0. The molecule has 0 spiro atoms. The third-order valence-corrected chi connectivity index (χ3v) is 2.79. The molecule has 0 aliphatic heterocycles. The lowest BCUT2D eigenvalue weighted by Crippen LogP contribution is -2.19. The highest BCUT2D eigenvalue weighted by Crippen LogP contribution is 2.09. The van der Waals surface area contributed by atoms with Gasteiger partial charge in [-0.15, -0.1) is 0 Å². The first-order valence-corrected chi connectivity index (χ1v) is 5.99. The average Bonchev–Trinajstić information content (AvgIpc) is 2.46. The minimum absolute atomic E-state index is 0.113. The lowest BCUT2D eigenvalue weighted by Gasteiger charge is -2.12. The van der Waals surface area contributed by atoms with Crippen molar-refractivity contribution >= 4 is 5.97 Å². The van der Waals surface area contributed by atoms with Gasteiger partial charge in [-0.1, -0.05) is 6.07 Å². The molecule has 0 bridgehead atoms. The molecule has 0 fully saturated rings. The highest BCUT2D eigenvalue weighted by Gasteiger charge is 2.07. The van der Waals surface area contributed by atoms with E-state index in [9.17, 15) is 4.79 Å². The van der Waals surface area contributed by atoms with Gasteiger partial charge in [-0.05, 0) is 31.2 Å². The fourth-order valence-corrected chi connectivity index (χ4v) is 1.65. The van der Waals surface area contributed by atoms with E-state index in [1.807, 2.05) is 25.1 Å². The first-order valence-electron chi connectivity index (χ1n) is 5.99. The summed E-state index contributed by atoms with van der Waals surface area (Å²) in [5.74, 6) is -0.964. The Balaban J connectivity index is 1.93. The molecule has 0 aliphatic rings. The zero-order valence-corrected chi connectivity index (χ0v) is 10.6. The average molecular weight is 257 g/mol. The zero-order chi connectivity index (χ0) is 13.7. The molecule has 2 heterocycles. The first kappa shape index (κ1) is 13.2. The molecule has 1 unspecified atom stereocenters. The molecule has 2 N–H and O–H groups in total. The molecule has 5 nitrogen and oxygen atoms in total. The summed E-state index contributed by atoms with van der Waals surface area (Å²) in [4.78, 5) is 19.1. The number of pyridine rings is 2. The predicted molar refractivity (Wildman–Crippen MR) is 70.7 cm³/mol. The van der Waals surface area contributed by atoms with Gasteiger partial charge >= 0.3 is 5.97 Å². The van der Waals surface area contributed by atoms with Gasteiger partial charge in [0, 0.05) is 25.0 Å². The summed E-state index contributed by atoms with van der Waals surface area (Å²) in [5.41, 5.74) is 1.96. The molecule has 98 valence electrons. The highest BCUT2D eigenvalue weighted by molar-refractivity contribution is 5.87. The van der Waals surface area contributed by atoms with E-state index >= 15 is 0 Å². The summed E-state index contributed by atoms with van der Waals surface area (Å²) in [5, 5.41) is 12.1. The SMILES string of the molecule is CC(NCc1ccc(C(=O)O)cn1)c1ccccn1. The standard InChI is InChI=1S/C14H15N3O2/c1-10(13-4-2-3-7-15-13)16-9-12-6-5-11(8-17-12)14(18)19/h2-8,10,16H,9H2,1H3,(H,18,19). The van der Waals surface area contributed by atoms with Crippen LogP contribution in [0.5, 0.6) is 0 Å². The maximum atomic E-state index is 10.7. The van der Waals surface area contributed by atoms with Crippen LogP contribution in [-0.4, -0.2) is 21.0 Å². The third kappa shape index (κ3) is 3.59. The second-order valence-corrected chi connectivity index (χ2v) is 4.20. The van der Waals surface area contributed by atoms with Crippen LogP contribution in [0.4, 0.5) is 0 Å². The Labute approximate surface area is 111 Å². The van der Waals surface area contributed by atoms with Crippen molar-refractivity contribution in [3.8, 4) is 0 Å². The van der Waals surface area contributed by atoms with Crippen LogP contribution in [0.2, 0.25) is 0 Å². The lowest BCUT2D eigenvalue weighted by atomic mass is 10.2. The van der Waals surface area contributed by atoms with Crippen LogP contribution in [0, 0.1) is 0 Å². The van der Waals surface area contributed by atoms with E-state index in [1.54, 1.807) is 18.3 Å². The van der Waals surface area contributed by atoms with Crippen molar-refractivity contribution in [2.24, 2.45) is 0 Å². The number of carboxylic acids is 1. The van der Waals surface area contributed by atoms with Crippen molar-refractivity contribution in [1.82, 2.24) is 15.3 Å². The monoisotopic (exact) mass is 257 g/mol. The Hall–Kier alpha value is -2.27. The minimum Gasteiger partial charge on any atom is -0.478 e. The number of carbonyl (C=O) groups is 1. The zero-order valence-electron chi connectivity index (χ0n) is 10.6. The van der Waals surface area contributed by atoms with Gasteiger partial charge < -0.3 is 10.4 Å². The number of nitrogens with one attached hydrogen (secondary N) is 1. The Morgan fingerprint density at radius 3 is 2.74 bits per heavy atom. The summed E-state index contributed by atoms with van der Waals surface area (Å²) in [6.07, 6.45) is 3.12. The molecule has 0 amide bonds. The van der Waals surface area contributed by atoms with Crippen molar-refractivity contribution in [2.45, 2.75) is 19.5 Å². The van der Waals surface area contributed by atoms with Crippen LogP contribution in [0.25, 0.3) is 0 Å². The number of aromatic nitrogens is 2. The molecular weight excluding hydrogens is 242 g/mol. The fourth-order valence-electron chi connectivity index (χ4n) is 1.65. The van der Waals surface area contributed by atoms with Crippen LogP contribution < -0.4 is 5.32 Å². The van der Waals surface area contributed by atoms with E-state index in [4.69, 9.17) is 5.11 Å². The number of hydrogen-bond acceptors (Lipinski definition) is 4. The smallest absolute Gasteiger partial charge is 0.337 e. The summed E-state index contributed by atoms with van der Waals surface area (Å²) < 4.78 is 0. The second kappa shape index (κ2) is 6.06. The van der Waals surface area contributed by atoms with Gasteiger partial charge in [-0.2, -0.15) is 0 Å². The van der Waals surface area contributed by atoms with E-state index in [0.29, 0.717) is 6.54 Å². The van der Waals surface area contributed by atoms with Gasteiger partial charge in [0.25, 0.3) is 0 Å². The maximum Gasteiger partial charge on any atom is 0.337 e. The molecule has 5 heteroatoms. The van der Waals surface area contributed by atoms with Gasteiger partial charge in [0.15, 0.2) is 0 Å². The molecule has 2 aromatic heterocycles. The maximum absolute atomic E-state index is 10.7. The van der Waals surface area contributed by atoms with E-state index in [2.05, 4.69) is 15.3 Å². The fraction of sp³-hybridized carbons (Fsp3) is 0.214. The van der Waals surface area contributed by atoms with Gasteiger partial charge in [0.2, 0.25) is 0 Å². The van der Waals surface area contributed by atoms with Crippen molar-refractivity contribution in [3.05, 3.63) is 59.7 Å². The Morgan fingerprint density at radius 2 is 2.16 bits per heavy atom. The highest BCUT2D eigenvalue weighted by atomic mass is 16.4. The Kier molecular flexibility index (Phi) is 4.20.